The van der Waals surface area contributed by atoms with Crippen LogP contribution in [0, 0.1) is 0 Å². The van der Waals surface area contributed by atoms with Crippen LogP contribution in [0.3, 0.4) is 0 Å². The van der Waals surface area contributed by atoms with Gasteiger partial charge in [-0.3, -0.25) is 4.79 Å². The fraction of sp³-hybridized carbons (Fsp3) is 0.240. The molecule has 4 rings (SSSR count). The van der Waals surface area contributed by atoms with Gasteiger partial charge in [-0.05, 0) is 43.2 Å². The van der Waals surface area contributed by atoms with Crippen LogP contribution < -0.4 is 14.9 Å². The van der Waals surface area contributed by atoms with Crippen LogP contribution in [-0.2, 0) is 21.2 Å². The minimum Gasteiger partial charge on any atom is -0.370 e. The average Bonchev–Trinajstić information content (AvgIpc) is 3.36. The third-order valence-corrected chi connectivity index (χ3v) is 7.66. The number of anilines is 1. The molecule has 10 heteroatoms. The molecule has 1 aromatic heterocycles. The second kappa shape index (κ2) is 11.4. The molecule has 0 aliphatic heterocycles. The van der Waals surface area contributed by atoms with Gasteiger partial charge in [0.1, 0.15) is 22.0 Å². The van der Waals surface area contributed by atoms with Crippen molar-refractivity contribution in [1.82, 2.24) is 18.8 Å². The predicted octanol–water partition coefficient (Wildman–Crippen LogP) is 3.22. The summed E-state index contributed by atoms with van der Waals surface area (Å²) in [5, 5.41) is 2.91. The molecule has 0 saturated heterocycles. The van der Waals surface area contributed by atoms with Crippen molar-refractivity contribution in [3.05, 3.63) is 84.4 Å². The first kappa shape index (κ1) is 24.8. The molecule has 4 aromatic rings. The average molecular weight is 510 g/mol. The number of hydrogen-bond donors (Lipinski definition) is 2. The minimum absolute atomic E-state index is 0.0100. The number of nitrogens with one attached hydrogen (secondary N) is 2. The Kier molecular flexibility index (Phi) is 8.06. The van der Waals surface area contributed by atoms with E-state index in [4.69, 9.17) is 0 Å². The van der Waals surface area contributed by atoms with Gasteiger partial charge in [-0.25, -0.2) is 8.42 Å². The molecule has 2 N–H and O–H groups in total. The van der Waals surface area contributed by atoms with Crippen LogP contribution in [0.25, 0.3) is 11.0 Å². The molecule has 0 saturated carbocycles. The Balaban J connectivity index is 1.50. The standard InChI is InChI=1S/C25H27N5O3S2/c1-2-30(20-12-7-4-8-13-20)17-16-26-25(31)22(18-19-10-5-3-6-11-19)29-35(32,33)23-15-9-14-21-24(23)28-34-27-21/h3-15,22,29H,2,16-18H2,1H3,(H,26,31)/t22-/m0/s1. The van der Waals surface area contributed by atoms with Crippen molar-refractivity contribution in [1.29, 1.82) is 0 Å². The molecule has 182 valence electrons. The fourth-order valence-electron chi connectivity index (χ4n) is 3.83. The van der Waals surface area contributed by atoms with Gasteiger partial charge in [0.25, 0.3) is 0 Å². The molecule has 1 atom stereocenters. The van der Waals surface area contributed by atoms with Gasteiger partial charge in [0.05, 0.1) is 11.7 Å². The fourth-order valence-corrected chi connectivity index (χ4v) is 5.79. The number of rotatable bonds is 11. The second-order valence-corrected chi connectivity index (χ2v) is 10.2. The predicted molar refractivity (Wildman–Crippen MR) is 139 cm³/mol. The van der Waals surface area contributed by atoms with Gasteiger partial charge in [-0.1, -0.05) is 54.6 Å². The van der Waals surface area contributed by atoms with Crippen LogP contribution in [0.4, 0.5) is 5.69 Å². The second-order valence-electron chi connectivity index (χ2n) is 7.96. The zero-order valence-electron chi connectivity index (χ0n) is 19.3. The molecule has 0 unspecified atom stereocenters. The van der Waals surface area contributed by atoms with E-state index in [2.05, 4.69) is 30.6 Å². The van der Waals surface area contributed by atoms with Gasteiger partial charge in [0, 0.05) is 25.3 Å². The summed E-state index contributed by atoms with van der Waals surface area (Å²) in [7, 11) is -4.03. The number of hydrogen-bond acceptors (Lipinski definition) is 7. The smallest absolute Gasteiger partial charge is 0.243 e. The van der Waals surface area contributed by atoms with Crippen molar-refractivity contribution in [3.63, 3.8) is 0 Å². The topological polar surface area (TPSA) is 104 Å². The summed E-state index contributed by atoms with van der Waals surface area (Å²) in [6, 6.07) is 23.1. The SMILES string of the molecule is CCN(CCNC(=O)[C@H](Cc1ccccc1)NS(=O)(=O)c1cccc2nsnc12)c1ccccc1. The normalized spacial score (nSPS) is 12.4. The first-order valence-electron chi connectivity index (χ1n) is 11.3. The van der Waals surface area contributed by atoms with Crippen LogP contribution in [-0.4, -0.2) is 48.7 Å². The van der Waals surface area contributed by atoms with Crippen LogP contribution >= 0.6 is 11.7 Å². The molecule has 0 fully saturated rings. The zero-order valence-corrected chi connectivity index (χ0v) is 20.9. The van der Waals surface area contributed by atoms with Gasteiger partial charge in [-0.2, -0.15) is 13.5 Å². The number of fused-ring (bicyclic) bond motifs is 1. The van der Waals surface area contributed by atoms with Crippen LogP contribution in [0.5, 0.6) is 0 Å². The van der Waals surface area contributed by atoms with E-state index in [9.17, 15) is 13.2 Å². The molecule has 0 radical (unpaired) electrons. The molecular weight excluding hydrogens is 482 g/mol. The lowest BCUT2D eigenvalue weighted by Crippen LogP contribution is -2.49. The van der Waals surface area contributed by atoms with E-state index in [1.807, 2.05) is 60.7 Å². The monoisotopic (exact) mass is 509 g/mol. The number of amides is 1. The number of para-hydroxylation sites is 1. The Labute approximate surface area is 209 Å². The molecule has 1 heterocycles. The number of likely N-dealkylation sites (N-methyl/N-ethyl adjacent to an activating group) is 1. The molecule has 0 bridgehead atoms. The molecule has 1 amide bonds. The number of benzene rings is 3. The lowest BCUT2D eigenvalue weighted by molar-refractivity contribution is -0.122. The third kappa shape index (κ3) is 6.21. The van der Waals surface area contributed by atoms with Crippen LogP contribution in [0.2, 0.25) is 0 Å². The lowest BCUT2D eigenvalue weighted by Gasteiger charge is -2.24. The van der Waals surface area contributed by atoms with E-state index < -0.39 is 16.1 Å². The molecule has 8 nitrogen and oxygen atoms in total. The van der Waals surface area contributed by atoms with Crippen molar-refractivity contribution in [2.24, 2.45) is 0 Å². The summed E-state index contributed by atoms with van der Waals surface area (Å²) in [4.78, 5) is 15.3. The molecule has 35 heavy (non-hydrogen) atoms. The van der Waals surface area contributed by atoms with Crippen molar-refractivity contribution in [2.45, 2.75) is 24.3 Å². The van der Waals surface area contributed by atoms with E-state index >= 15 is 0 Å². The van der Waals surface area contributed by atoms with E-state index in [0.29, 0.717) is 24.1 Å². The van der Waals surface area contributed by atoms with Crippen molar-refractivity contribution in [2.75, 3.05) is 24.5 Å². The highest BCUT2D eigenvalue weighted by molar-refractivity contribution is 7.89. The first-order chi connectivity index (χ1) is 17.0. The molecule has 3 aromatic carbocycles. The van der Waals surface area contributed by atoms with Gasteiger partial charge in [0.15, 0.2) is 0 Å². The van der Waals surface area contributed by atoms with E-state index in [1.54, 1.807) is 12.1 Å². The van der Waals surface area contributed by atoms with E-state index in [0.717, 1.165) is 29.5 Å². The molecule has 0 spiro atoms. The molecule has 0 aliphatic rings. The van der Waals surface area contributed by atoms with Crippen LogP contribution in [0.15, 0.2) is 83.8 Å². The summed E-state index contributed by atoms with van der Waals surface area (Å²) in [5.41, 5.74) is 2.71. The van der Waals surface area contributed by atoms with E-state index in [-0.39, 0.29) is 17.2 Å². The molecular formula is C25H27N5O3S2. The van der Waals surface area contributed by atoms with Gasteiger partial charge < -0.3 is 10.2 Å². The summed E-state index contributed by atoms with van der Waals surface area (Å²) in [6.07, 6.45) is 0.216. The summed E-state index contributed by atoms with van der Waals surface area (Å²) < 4.78 is 37.5. The summed E-state index contributed by atoms with van der Waals surface area (Å²) in [6.45, 7) is 3.81. The lowest BCUT2D eigenvalue weighted by atomic mass is 10.1. The number of aromatic nitrogens is 2. The van der Waals surface area contributed by atoms with Gasteiger partial charge in [0.2, 0.25) is 15.9 Å². The minimum atomic E-state index is -4.03. The van der Waals surface area contributed by atoms with Gasteiger partial charge in [-0.15, -0.1) is 0 Å². The Hall–Kier alpha value is -3.34. The van der Waals surface area contributed by atoms with Crippen molar-refractivity contribution >= 4 is 44.4 Å². The zero-order chi connectivity index (χ0) is 24.7. The highest BCUT2D eigenvalue weighted by Gasteiger charge is 2.28. The largest absolute Gasteiger partial charge is 0.370 e. The maximum Gasteiger partial charge on any atom is 0.243 e. The number of sulfonamides is 1. The number of nitrogens with zero attached hydrogens (tertiary/aromatic N) is 3. The maximum absolute atomic E-state index is 13.3. The summed E-state index contributed by atoms with van der Waals surface area (Å²) >= 11 is 0.949. The van der Waals surface area contributed by atoms with Crippen LogP contribution in [0.1, 0.15) is 12.5 Å². The number of carbonyl (C=O) groups is 1. The Bertz CT molecular complexity index is 1360. The molecule has 0 aliphatic carbocycles. The Morgan fingerprint density at radius 2 is 1.69 bits per heavy atom. The highest BCUT2D eigenvalue weighted by atomic mass is 32.2. The Morgan fingerprint density at radius 1 is 0.971 bits per heavy atom. The quantitative estimate of drug-likeness (QED) is 0.322. The van der Waals surface area contributed by atoms with Crippen molar-refractivity contribution < 1.29 is 13.2 Å². The third-order valence-electron chi connectivity index (χ3n) is 5.62. The Morgan fingerprint density at radius 3 is 2.40 bits per heavy atom. The van der Waals surface area contributed by atoms with Crippen molar-refractivity contribution in [3.8, 4) is 0 Å². The summed E-state index contributed by atoms with van der Waals surface area (Å²) in [5.74, 6) is -0.384. The highest BCUT2D eigenvalue weighted by Crippen LogP contribution is 2.21. The number of carbonyl (C=O) groups excluding carboxylic acids is 1. The van der Waals surface area contributed by atoms with Gasteiger partial charge >= 0.3 is 0 Å². The maximum atomic E-state index is 13.3. The first-order valence-corrected chi connectivity index (χ1v) is 13.5. The van der Waals surface area contributed by atoms with E-state index in [1.165, 1.54) is 6.07 Å².